The maximum atomic E-state index is 13.0. The lowest BCUT2D eigenvalue weighted by Gasteiger charge is -2.29. The summed E-state index contributed by atoms with van der Waals surface area (Å²) >= 11 is 0. The summed E-state index contributed by atoms with van der Waals surface area (Å²) in [6.45, 7) is 4.66. The van der Waals surface area contributed by atoms with Crippen LogP contribution in [0.25, 0.3) is 0 Å². The number of phosphoric ester groups is 1. The fourth-order valence-corrected chi connectivity index (χ4v) is 11.3. The molecule has 0 saturated carbocycles. The standard InChI is InChI=1S/C68H135N2O6P/c1-6-8-10-12-14-16-18-20-22-23-24-25-26-27-28-29-30-31-32-33-34-35-36-37-38-39-40-41-42-43-44-45-46-47-48-50-52-54-56-58-60-62-68(72)69-66(65-76-77(73,74)75-64-63-70(3,4)5)67(71)61-59-57-55-53-51-49-21-19-17-15-13-11-9-7-2/h51,53,59,61,66-67,71H,6-50,52,54-58,60,62-65H2,1-5H3,(H-,69,72,73,74)/b53-51+,61-59+. The summed E-state index contributed by atoms with van der Waals surface area (Å²) in [5.41, 5.74) is 0. The van der Waals surface area contributed by atoms with E-state index in [2.05, 4.69) is 31.3 Å². The predicted molar refractivity (Wildman–Crippen MR) is 335 cm³/mol. The second kappa shape index (κ2) is 59.6. The Hall–Kier alpha value is -1.02. The van der Waals surface area contributed by atoms with Crippen molar-refractivity contribution in [1.82, 2.24) is 5.32 Å². The van der Waals surface area contributed by atoms with Crippen LogP contribution in [-0.2, 0) is 18.4 Å². The third kappa shape index (κ3) is 62.4. The van der Waals surface area contributed by atoms with Crippen molar-refractivity contribution >= 4 is 13.7 Å². The largest absolute Gasteiger partial charge is 0.756 e. The topological polar surface area (TPSA) is 108 Å². The highest BCUT2D eigenvalue weighted by atomic mass is 31.2. The highest BCUT2D eigenvalue weighted by molar-refractivity contribution is 7.45. The summed E-state index contributed by atoms with van der Waals surface area (Å²) in [6, 6.07) is -0.900. The molecule has 77 heavy (non-hydrogen) atoms. The molecule has 0 bridgehead atoms. The number of carbonyl (C=O) groups excluding carboxylic acids is 1. The average molecular weight is 1110 g/mol. The van der Waals surface area contributed by atoms with Crippen molar-refractivity contribution in [3.63, 3.8) is 0 Å². The van der Waals surface area contributed by atoms with Gasteiger partial charge in [-0.15, -0.1) is 0 Å². The Morgan fingerprint density at radius 3 is 1.05 bits per heavy atom. The second-order valence-electron chi connectivity index (χ2n) is 24.9. The van der Waals surface area contributed by atoms with Crippen molar-refractivity contribution in [2.24, 2.45) is 0 Å². The van der Waals surface area contributed by atoms with E-state index in [-0.39, 0.29) is 19.1 Å². The summed E-state index contributed by atoms with van der Waals surface area (Å²) in [7, 11) is 1.26. The zero-order chi connectivity index (χ0) is 56.3. The van der Waals surface area contributed by atoms with Crippen LogP contribution in [0.5, 0.6) is 0 Å². The van der Waals surface area contributed by atoms with Gasteiger partial charge in [-0.1, -0.05) is 340 Å². The van der Waals surface area contributed by atoms with Crippen LogP contribution in [0.3, 0.4) is 0 Å². The Morgan fingerprint density at radius 2 is 0.727 bits per heavy atom. The van der Waals surface area contributed by atoms with Crippen LogP contribution < -0.4 is 10.2 Å². The van der Waals surface area contributed by atoms with E-state index in [9.17, 15) is 19.4 Å². The predicted octanol–water partition coefficient (Wildman–Crippen LogP) is 20.9. The first-order valence-corrected chi connectivity index (χ1v) is 35.7. The molecule has 0 saturated heterocycles. The van der Waals surface area contributed by atoms with Crippen molar-refractivity contribution in [3.8, 4) is 0 Å². The van der Waals surface area contributed by atoms with Gasteiger partial charge in [-0.3, -0.25) is 9.36 Å². The minimum absolute atomic E-state index is 0.00384. The van der Waals surface area contributed by atoms with Gasteiger partial charge in [0.15, 0.2) is 0 Å². The van der Waals surface area contributed by atoms with E-state index in [0.29, 0.717) is 17.4 Å². The first-order valence-electron chi connectivity index (χ1n) is 34.2. The van der Waals surface area contributed by atoms with Gasteiger partial charge in [-0.05, 0) is 32.1 Å². The van der Waals surface area contributed by atoms with Gasteiger partial charge in [-0.25, -0.2) is 0 Å². The van der Waals surface area contributed by atoms with E-state index < -0.39 is 20.0 Å². The molecule has 9 heteroatoms. The first-order chi connectivity index (χ1) is 37.5. The summed E-state index contributed by atoms with van der Waals surface area (Å²) in [5, 5.41) is 13.9. The Labute approximate surface area is 481 Å². The molecular formula is C68H135N2O6P. The number of phosphoric acid groups is 1. The molecule has 0 aliphatic heterocycles. The molecule has 0 rings (SSSR count). The van der Waals surface area contributed by atoms with Gasteiger partial charge in [0.2, 0.25) is 5.91 Å². The molecule has 3 unspecified atom stereocenters. The molecular weight excluding hydrogens is 972 g/mol. The van der Waals surface area contributed by atoms with Crippen LogP contribution in [0.4, 0.5) is 0 Å². The van der Waals surface area contributed by atoms with Crippen molar-refractivity contribution in [1.29, 1.82) is 0 Å². The Balaban J connectivity index is 3.82. The van der Waals surface area contributed by atoms with E-state index in [1.165, 1.54) is 295 Å². The lowest BCUT2D eigenvalue weighted by atomic mass is 10.0. The Kier molecular flexibility index (Phi) is 58.8. The Bertz CT molecular complexity index is 1300. The third-order valence-corrected chi connectivity index (χ3v) is 16.9. The summed E-state index contributed by atoms with van der Waals surface area (Å²) in [6.07, 6.45) is 77.6. The van der Waals surface area contributed by atoms with Gasteiger partial charge >= 0.3 is 0 Å². The molecule has 1 amide bonds. The summed E-state index contributed by atoms with van der Waals surface area (Å²) in [4.78, 5) is 25.5. The number of unbranched alkanes of at least 4 members (excludes halogenated alkanes) is 49. The van der Waals surface area contributed by atoms with E-state index in [4.69, 9.17) is 9.05 Å². The van der Waals surface area contributed by atoms with Crippen molar-refractivity contribution in [2.75, 3.05) is 40.9 Å². The number of carbonyl (C=O) groups is 1. The fraction of sp³-hybridized carbons (Fsp3) is 0.926. The third-order valence-electron chi connectivity index (χ3n) is 15.9. The molecule has 0 aromatic carbocycles. The number of hydrogen-bond acceptors (Lipinski definition) is 6. The molecule has 0 aromatic heterocycles. The van der Waals surface area contributed by atoms with E-state index in [1.54, 1.807) is 6.08 Å². The lowest BCUT2D eigenvalue weighted by Crippen LogP contribution is -2.45. The minimum atomic E-state index is -4.60. The summed E-state index contributed by atoms with van der Waals surface area (Å²) < 4.78 is 23.3. The van der Waals surface area contributed by atoms with Crippen molar-refractivity contribution in [3.05, 3.63) is 24.3 Å². The van der Waals surface area contributed by atoms with Gasteiger partial charge < -0.3 is 28.8 Å². The van der Waals surface area contributed by atoms with Crippen molar-refractivity contribution in [2.45, 2.75) is 366 Å². The number of amides is 1. The number of aliphatic hydroxyl groups is 1. The quantitative estimate of drug-likeness (QED) is 0.0272. The molecule has 3 atom stereocenters. The zero-order valence-electron chi connectivity index (χ0n) is 52.4. The monoisotopic (exact) mass is 1110 g/mol. The maximum Gasteiger partial charge on any atom is 0.268 e. The van der Waals surface area contributed by atoms with Crippen LogP contribution >= 0.6 is 7.82 Å². The molecule has 8 nitrogen and oxygen atoms in total. The number of aliphatic hydroxyl groups excluding tert-OH is 1. The first kappa shape index (κ1) is 76.0. The number of likely N-dealkylation sites (N-methyl/N-ethyl adjacent to an activating group) is 1. The van der Waals surface area contributed by atoms with E-state index >= 15 is 0 Å². The highest BCUT2D eigenvalue weighted by Gasteiger charge is 2.23. The summed E-state index contributed by atoms with van der Waals surface area (Å²) in [5.74, 6) is -0.201. The fourth-order valence-electron chi connectivity index (χ4n) is 10.6. The number of nitrogens with zero attached hydrogens (tertiary/aromatic N) is 1. The zero-order valence-corrected chi connectivity index (χ0v) is 53.3. The number of allylic oxidation sites excluding steroid dienone is 3. The smallest absolute Gasteiger partial charge is 0.268 e. The molecule has 0 spiro atoms. The van der Waals surface area contributed by atoms with E-state index in [1.807, 2.05) is 27.2 Å². The molecule has 0 aliphatic rings. The number of rotatable bonds is 64. The lowest BCUT2D eigenvalue weighted by molar-refractivity contribution is -0.870. The number of hydrogen-bond donors (Lipinski definition) is 2. The molecule has 0 aliphatic carbocycles. The van der Waals surface area contributed by atoms with Gasteiger partial charge in [0.1, 0.15) is 13.2 Å². The molecule has 0 aromatic rings. The minimum Gasteiger partial charge on any atom is -0.756 e. The number of quaternary nitrogens is 1. The molecule has 0 heterocycles. The SMILES string of the molecule is CCCCCCCCCC/C=C/CC/C=C/C(O)C(COP(=O)([O-])OCC[N+](C)(C)C)NC(=O)CCCCCCCCCCCCCCCCCCCCCCCCCCCCCCCCCCCCCCCCCCC. The van der Waals surface area contributed by atoms with Crippen LogP contribution in [0, 0.1) is 0 Å². The van der Waals surface area contributed by atoms with Gasteiger partial charge in [0.05, 0.1) is 39.9 Å². The van der Waals surface area contributed by atoms with Crippen LogP contribution in [-0.4, -0.2) is 68.5 Å². The molecule has 0 fully saturated rings. The van der Waals surface area contributed by atoms with Gasteiger partial charge in [0.25, 0.3) is 7.82 Å². The Morgan fingerprint density at radius 1 is 0.442 bits per heavy atom. The van der Waals surface area contributed by atoms with Crippen LogP contribution in [0.2, 0.25) is 0 Å². The van der Waals surface area contributed by atoms with Crippen LogP contribution in [0.1, 0.15) is 354 Å². The molecule has 2 N–H and O–H groups in total. The molecule has 458 valence electrons. The van der Waals surface area contributed by atoms with Gasteiger partial charge in [-0.2, -0.15) is 0 Å². The highest BCUT2D eigenvalue weighted by Crippen LogP contribution is 2.38. The normalized spacial score (nSPS) is 13.8. The van der Waals surface area contributed by atoms with E-state index in [0.717, 1.165) is 38.5 Å². The van der Waals surface area contributed by atoms with Crippen LogP contribution in [0.15, 0.2) is 24.3 Å². The maximum absolute atomic E-state index is 13.0. The van der Waals surface area contributed by atoms with Crippen molar-refractivity contribution < 1.29 is 32.9 Å². The number of nitrogens with one attached hydrogen (secondary N) is 1. The van der Waals surface area contributed by atoms with Gasteiger partial charge in [0, 0.05) is 6.42 Å². The average Bonchev–Trinajstić information content (AvgIpc) is 3.39. The second-order valence-corrected chi connectivity index (χ2v) is 26.3. The molecule has 0 radical (unpaired) electrons.